The summed E-state index contributed by atoms with van der Waals surface area (Å²) in [5, 5.41) is 14.4. The molecule has 2 aromatic carbocycles. The maximum Gasteiger partial charge on any atom is 0.332 e. The lowest BCUT2D eigenvalue weighted by Gasteiger charge is -2.14. The van der Waals surface area contributed by atoms with E-state index in [1.54, 1.807) is 4.57 Å². The largest absolute Gasteiger partial charge is 0.332 e. The standard InChI is InChI=1S/C27H30N8O2/c1-5-14-33-26(36)23-25(35(27(33)37)15-17(2)3)28-18(4)34(23)16-19-10-12-20(13-11-19)21-8-6-7-9-22(21)24-29-31-32-30-24/h6-13,17H,5,14-16H2,1-4H3,(H,29,30,31,32). The van der Waals surface area contributed by atoms with Crippen LogP contribution in [0.25, 0.3) is 33.7 Å². The Morgan fingerprint density at radius 3 is 2.32 bits per heavy atom. The average molecular weight is 499 g/mol. The third-order valence-corrected chi connectivity index (χ3v) is 6.42. The number of aromatic amines is 1. The first-order valence-electron chi connectivity index (χ1n) is 12.5. The summed E-state index contributed by atoms with van der Waals surface area (Å²) in [7, 11) is 0. The van der Waals surface area contributed by atoms with Crippen LogP contribution in [0.2, 0.25) is 0 Å². The van der Waals surface area contributed by atoms with Crippen LogP contribution in [0, 0.1) is 12.8 Å². The molecule has 0 aliphatic heterocycles. The lowest BCUT2D eigenvalue weighted by molar-refractivity contribution is 0.484. The zero-order chi connectivity index (χ0) is 26.1. The molecule has 0 aliphatic carbocycles. The van der Waals surface area contributed by atoms with Crippen LogP contribution in [-0.2, 0) is 19.6 Å². The van der Waals surface area contributed by atoms with Crippen LogP contribution >= 0.6 is 0 Å². The van der Waals surface area contributed by atoms with Crippen LogP contribution in [0.15, 0.2) is 58.1 Å². The second-order valence-electron chi connectivity index (χ2n) is 9.64. The Kier molecular flexibility index (Phi) is 6.56. The summed E-state index contributed by atoms with van der Waals surface area (Å²) in [5.41, 5.74) is 4.28. The first kappa shape index (κ1) is 24.4. The first-order chi connectivity index (χ1) is 17.9. The number of benzene rings is 2. The van der Waals surface area contributed by atoms with Crippen molar-refractivity contribution in [1.82, 2.24) is 39.3 Å². The minimum absolute atomic E-state index is 0.238. The maximum atomic E-state index is 13.5. The molecule has 0 amide bonds. The summed E-state index contributed by atoms with van der Waals surface area (Å²) in [5.74, 6) is 1.47. The van der Waals surface area contributed by atoms with Gasteiger partial charge in [-0.05, 0) is 41.2 Å². The molecule has 0 spiro atoms. The van der Waals surface area contributed by atoms with E-state index in [1.807, 2.05) is 66.9 Å². The lowest BCUT2D eigenvalue weighted by Crippen LogP contribution is -2.41. The Bertz CT molecular complexity index is 1660. The highest BCUT2D eigenvalue weighted by molar-refractivity contribution is 5.80. The second-order valence-corrected chi connectivity index (χ2v) is 9.64. The highest BCUT2D eigenvalue weighted by atomic mass is 16.2. The van der Waals surface area contributed by atoms with E-state index >= 15 is 0 Å². The van der Waals surface area contributed by atoms with Gasteiger partial charge in [-0.3, -0.25) is 13.9 Å². The zero-order valence-corrected chi connectivity index (χ0v) is 21.5. The Hall–Kier alpha value is -4.34. The fourth-order valence-corrected chi connectivity index (χ4v) is 4.72. The molecule has 0 unspecified atom stereocenters. The molecule has 190 valence electrons. The number of H-pyrrole nitrogens is 1. The van der Waals surface area contributed by atoms with Crippen molar-refractivity contribution in [2.75, 3.05) is 0 Å². The molecule has 37 heavy (non-hydrogen) atoms. The van der Waals surface area contributed by atoms with Gasteiger partial charge in [0.2, 0.25) is 5.82 Å². The summed E-state index contributed by atoms with van der Waals surface area (Å²) in [6.45, 7) is 9.30. The fraction of sp³-hybridized carbons (Fsp3) is 0.333. The van der Waals surface area contributed by atoms with Crippen molar-refractivity contribution in [2.45, 2.75) is 53.8 Å². The van der Waals surface area contributed by atoms with Crippen molar-refractivity contribution in [3.63, 3.8) is 0 Å². The van der Waals surface area contributed by atoms with E-state index in [0.29, 0.717) is 48.9 Å². The van der Waals surface area contributed by atoms with Gasteiger partial charge < -0.3 is 4.57 Å². The van der Waals surface area contributed by atoms with Gasteiger partial charge in [-0.25, -0.2) is 9.78 Å². The Morgan fingerprint density at radius 2 is 1.68 bits per heavy atom. The molecule has 5 rings (SSSR count). The number of imidazole rings is 1. The predicted octanol–water partition coefficient (Wildman–Crippen LogP) is 3.63. The van der Waals surface area contributed by atoms with Crippen LogP contribution in [0.3, 0.4) is 0 Å². The fourth-order valence-electron chi connectivity index (χ4n) is 4.72. The van der Waals surface area contributed by atoms with Crippen LogP contribution in [0.1, 0.15) is 38.6 Å². The number of hydrogen-bond donors (Lipinski definition) is 1. The van der Waals surface area contributed by atoms with Gasteiger partial charge in [0, 0.05) is 25.2 Å². The molecule has 0 atom stereocenters. The van der Waals surface area contributed by atoms with Gasteiger partial charge in [0.05, 0.1) is 0 Å². The third kappa shape index (κ3) is 4.50. The summed E-state index contributed by atoms with van der Waals surface area (Å²) >= 11 is 0. The highest BCUT2D eigenvalue weighted by Crippen LogP contribution is 2.30. The molecule has 10 nitrogen and oxygen atoms in total. The van der Waals surface area contributed by atoms with Crippen LogP contribution in [0.4, 0.5) is 0 Å². The van der Waals surface area contributed by atoms with E-state index in [1.165, 1.54) is 4.57 Å². The minimum Gasteiger partial charge on any atom is -0.318 e. The van der Waals surface area contributed by atoms with E-state index in [9.17, 15) is 9.59 Å². The van der Waals surface area contributed by atoms with Gasteiger partial charge in [-0.15, -0.1) is 10.2 Å². The minimum atomic E-state index is -0.290. The van der Waals surface area contributed by atoms with Crippen molar-refractivity contribution in [1.29, 1.82) is 0 Å². The van der Waals surface area contributed by atoms with Gasteiger partial charge in [0.15, 0.2) is 11.2 Å². The first-order valence-corrected chi connectivity index (χ1v) is 12.5. The molecule has 0 bridgehead atoms. The van der Waals surface area contributed by atoms with Gasteiger partial charge in [-0.1, -0.05) is 69.3 Å². The second kappa shape index (κ2) is 9.96. The van der Waals surface area contributed by atoms with Gasteiger partial charge >= 0.3 is 5.69 Å². The highest BCUT2D eigenvalue weighted by Gasteiger charge is 2.21. The molecular formula is C27H30N8O2. The molecule has 0 fully saturated rings. The molecule has 3 aromatic heterocycles. The molecule has 0 saturated carbocycles. The molecule has 0 aliphatic rings. The third-order valence-electron chi connectivity index (χ3n) is 6.42. The summed E-state index contributed by atoms with van der Waals surface area (Å²) in [4.78, 5) is 31.3. The number of tetrazole rings is 1. The molecule has 3 heterocycles. The molecular weight excluding hydrogens is 468 g/mol. The topological polar surface area (TPSA) is 116 Å². The van der Waals surface area contributed by atoms with Crippen LogP contribution in [0.5, 0.6) is 0 Å². The summed E-state index contributed by atoms with van der Waals surface area (Å²) in [6, 6.07) is 16.1. The predicted molar refractivity (Wildman–Crippen MR) is 142 cm³/mol. The molecule has 1 N–H and O–H groups in total. The molecule has 10 heteroatoms. The molecule has 5 aromatic rings. The van der Waals surface area contributed by atoms with Crippen molar-refractivity contribution in [3.05, 3.63) is 80.8 Å². The van der Waals surface area contributed by atoms with Gasteiger partial charge in [-0.2, -0.15) is 5.21 Å². The Balaban J connectivity index is 1.56. The summed E-state index contributed by atoms with van der Waals surface area (Å²) in [6.07, 6.45) is 0.697. The van der Waals surface area contributed by atoms with E-state index in [-0.39, 0.29) is 17.2 Å². The molecule has 0 radical (unpaired) electrons. The molecule has 0 saturated heterocycles. The Labute approximate surface area is 213 Å². The van der Waals surface area contributed by atoms with Crippen molar-refractivity contribution in [3.8, 4) is 22.5 Å². The Morgan fingerprint density at radius 1 is 0.946 bits per heavy atom. The quantitative estimate of drug-likeness (QED) is 0.349. The van der Waals surface area contributed by atoms with E-state index in [0.717, 1.165) is 22.3 Å². The number of hydrogen-bond acceptors (Lipinski definition) is 6. The van der Waals surface area contributed by atoms with Gasteiger partial charge in [0.1, 0.15) is 5.82 Å². The summed E-state index contributed by atoms with van der Waals surface area (Å²) < 4.78 is 4.92. The number of rotatable bonds is 8. The lowest BCUT2D eigenvalue weighted by atomic mass is 9.98. The van der Waals surface area contributed by atoms with E-state index in [2.05, 4.69) is 39.5 Å². The van der Waals surface area contributed by atoms with Crippen LogP contribution < -0.4 is 11.2 Å². The van der Waals surface area contributed by atoms with Crippen molar-refractivity contribution < 1.29 is 0 Å². The monoisotopic (exact) mass is 498 g/mol. The number of fused-ring (bicyclic) bond motifs is 1. The maximum absolute atomic E-state index is 13.5. The zero-order valence-electron chi connectivity index (χ0n) is 21.5. The normalized spacial score (nSPS) is 11.6. The van der Waals surface area contributed by atoms with Gasteiger partial charge in [0.25, 0.3) is 5.56 Å². The number of aryl methyl sites for hydroxylation is 1. The number of aromatic nitrogens is 8. The van der Waals surface area contributed by atoms with Crippen molar-refractivity contribution >= 4 is 11.2 Å². The smallest absolute Gasteiger partial charge is 0.318 e. The SMILES string of the molecule is CCCn1c(=O)c2c(nc(C)n2Cc2ccc(-c3ccccc3-c3nn[nH]n3)cc2)n(CC(C)C)c1=O. The van der Waals surface area contributed by atoms with Crippen molar-refractivity contribution in [2.24, 2.45) is 5.92 Å². The number of nitrogens with one attached hydrogen (secondary N) is 1. The number of nitrogens with zero attached hydrogens (tertiary/aromatic N) is 7. The average Bonchev–Trinajstić information content (AvgIpc) is 3.54. The van der Waals surface area contributed by atoms with E-state index < -0.39 is 0 Å². The van der Waals surface area contributed by atoms with E-state index in [4.69, 9.17) is 0 Å². The van der Waals surface area contributed by atoms with Crippen LogP contribution in [-0.4, -0.2) is 39.3 Å².